The number of aliphatic hydroxyl groups is 1. The summed E-state index contributed by atoms with van der Waals surface area (Å²) in [6.45, 7) is 7.92. The van der Waals surface area contributed by atoms with E-state index < -0.39 is 50.2 Å². The van der Waals surface area contributed by atoms with Gasteiger partial charge in [-0.3, -0.25) is 15.0 Å². The zero-order valence-corrected chi connectivity index (χ0v) is 36.3. The average Bonchev–Trinajstić information content (AvgIpc) is 3.25. The van der Waals surface area contributed by atoms with Crippen LogP contribution in [0.25, 0.3) is 0 Å². The largest absolute Gasteiger partial charge is 0.465 e. The minimum Gasteiger partial charge on any atom is -0.465 e. The number of nitrogens with zero attached hydrogens (tertiary/aromatic N) is 3. The molecule has 62 heavy (non-hydrogen) atoms. The van der Waals surface area contributed by atoms with E-state index >= 15 is 4.79 Å². The molecule has 3 aromatic rings. The van der Waals surface area contributed by atoms with Crippen LogP contribution >= 0.6 is 0 Å². The molecule has 0 spiro atoms. The fourth-order valence-corrected chi connectivity index (χ4v) is 10.6. The number of quaternary nitrogens is 1. The second kappa shape index (κ2) is 19.8. The molecular weight excluding hydrogens is 797 g/mol. The van der Waals surface area contributed by atoms with E-state index in [1.54, 1.807) is 7.11 Å². The number of piperidine rings is 3. The molecule has 0 aromatic heterocycles. The summed E-state index contributed by atoms with van der Waals surface area (Å²) in [6.07, 6.45) is 2.68. The van der Waals surface area contributed by atoms with Crippen LogP contribution in [0.5, 0.6) is 17.2 Å². The van der Waals surface area contributed by atoms with Crippen molar-refractivity contribution in [3.05, 3.63) is 94.5 Å². The van der Waals surface area contributed by atoms with E-state index in [1.165, 1.54) is 29.2 Å². The van der Waals surface area contributed by atoms with Crippen LogP contribution in [-0.2, 0) is 10.3 Å². The van der Waals surface area contributed by atoms with Crippen molar-refractivity contribution in [2.45, 2.75) is 102 Å². The molecule has 0 saturated carbocycles. The maximum atomic E-state index is 15.8. The predicted molar refractivity (Wildman–Crippen MR) is 232 cm³/mol. The number of carbonyl (C=O) groups excluding carboxylic acids is 2. The first-order valence-electron chi connectivity index (χ1n) is 21.8. The lowest BCUT2D eigenvalue weighted by Gasteiger charge is -2.66. The van der Waals surface area contributed by atoms with Gasteiger partial charge in [0.25, 0.3) is 5.69 Å². The normalized spacial score (nSPS) is 25.2. The molecule has 3 fully saturated rings. The monoisotopic (exact) mass is 859 g/mol. The number of unbranched alkanes of at least 4 members (excludes halogenated alkanes) is 1. The number of non-ortho nitro benzene ring substituents is 1. The summed E-state index contributed by atoms with van der Waals surface area (Å²) >= 11 is 0. The Bertz CT molecular complexity index is 2010. The molecule has 3 aromatic carbocycles. The summed E-state index contributed by atoms with van der Waals surface area (Å²) in [7, 11) is 1.64. The van der Waals surface area contributed by atoms with Crippen LogP contribution in [0.4, 0.5) is 20.1 Å². The number of rotatable bonds is 14. The number of methoxy groups -OCH3 is 1. The van der Waals surface area contributed by atoms with Gasteiger partial charge in [0.05, 0.1) is 18.0 Å². The molecule has 3 aliphatic heterocycles. The number of para-hydroxylation sites is 2. The van der Waals surface area contributed by atoms with Crippen molar-refractivity contribution < 1.29 is 48.2 Å². The van der Waals surface area contributed by atoms with Crippen molar-refractivity contribution in [3.63, 3.8) is 0 Å². The molecule has 0 bridgehead atoms. The molecule has 5 N–H and O–H groups in total. The number of hydrogen-bond acceptors (Lipinski definition) is 10. The van der Waals surface area contributed by atoms with Gasteiger partial charge in [0.2, 0.25) is 5.66 Å². The Hall–Kier alpha value is -5.29. The van der Waals surface area contributed by atoms with Gasteiger partial charge in [-0.05, 0) is 94.7 Å². The quantitative estimate of drug-likeness (QED) is 0.0459. The van der Waals surface area contributed by atoms with Crippen molar-refractivity contribution in [3.8, 4) is 17.2 Å². The first-order chi connectivity index (χ1) is 29.7. The van der Waals surface area contributed by atoms with Crippen LogP contribution in [0.3, 0.4) is 0 Å². The topological polar surface area (TPSA) is 202 Å². The third-order valence-electron chi connectivity index (χ3n) is 13.1. The third-order valence-corrected chi connectivity index (χ3v) is 13.1. The molecule has 6 atom stereocenters. The lowest BCUT2D eigenvalue weighted by atomic mass is 9.65. The van der Waals surface area contributed by atoms with Gasteiger partial charge in [-0.25, -0.2) is 18.9 Å². The average molecular weight is 860 g/mol. The van der Waals surface area contributed by atoms with E-state index in [9.17, 15) is 29.9 Å². The SMILES string of the molecule is COCCCCC(O)(c1ccccc1Oc1ccccc1)C1CCC[N+](C(=O)NC2CCCNC2)(C2(C(C)(C)C)[C@H](NC(=O)Oc3ccc([N+](=O)[O-])cc3)CCCN2C(=O)O)C1. The van der Waals surface area contributed by atoms with Gasteiger partial charge >= 0.3 is 18.2 Å². The number of carboxylic acid groups (broad SMARTS) is 1. The van der Waals surface area contributed by atoms with E-state index in [2.05, 4.69) is 16.0 Å². The second-order valence-corrected chi connectivity index (χ2v) is 17.9. The highest BCUT2D eigenvalue weighted by atomic mass is 16.6. The Kier molecular flexibility index (Phi) is 14.8. The molecule has 336 valence electrons. The van der Waals surface area contributed by atoms with Crippen LogP contribution in [0, 0.1) is 21.4 Å². The molecular formula is C46H63N6O10+. The number of ether oxygens (including phenoxy) is 3. The summed E-state index contributed by atoms with van der Waals surface area (Å²) < 4.78 is 17.2. The Morgan fingerprint density at radius 3 is 2.32 bits per heavy atom. The minimum absolute atomic E-state index is 0.0308. The molecule has 4 amide bonds. The van der Waals surface area contributed by atoms with Gasteiger partial charge in [0.1, 0.15) is 28.9 Å². The fraction of sp³-hybridized carbons (Fsp3) is 0.543. The van der Waals surface area contributed by atoms with Crippen molar-refractivity contribution in [1.82, 2.24) is 20.9 Å². The van der Waals surface area contributed by atoms with Gasteiger partial charge in [-0.2, -0.15) is 0 Å². The van der Waals surface area contributed by atoms with Crippen molar-refractivity contribution in [1.29, 1.82) is 0 Å². The van der Waals surface area contributed by atoms with Gasteiger partial charge in [0.15, 0.2) is 0 Å². The van der Waals surface area contributed by atoms with E-state index in [1.807, 2.05) is 75.4 Å². The number of carbonyl (C=O) groups is 3. The zero-order valence-electron chi connectivity index (χ0n) is 36.3. The summed E-state index contributed by atoms with van der Waals surface area (Å²) in [5.74, 6) is 0.522. The Morgan fingerprint density at radius 1 is 0.935 bits per heavy atom. The molecule has 5 unspecified atom stereocenters. The molecule has 3 saturated heterocycles. The number of urea groups is 1. The van der Waals surface area contributed by atoms with Crippen LogP contribution in [0.1, 0.15) is 84.1 Å². The van der Waals surface area contributed by atoms with E-state index in [0.717, 1.165) is 19.4 Å². The molecule has 16 nitrogen and oxygen atoms in total. The molecule has 0 radical (unpaired) electrons. The number of amides is 4. The van der Waals surface area contributed by atoms with Gasteiger partial charge < -0.3 is 40.4 Å². The molecule has 16 heteroatoms. The summed E-state index contributed by atoms with van der Waals surface area (Å²) in [6, 6.07) is 20.3. The lowest BCUT2D eigenvalue weighted by Crippen LogP contribution is -2.88. The predicted octanol–water partition coefficient (Wildman–Crippen LogP) is 7.75. The van der Waals surface area contributed by atoms with Gasteiger partial charge in [-0.1, -0.05) is 57.2 Å². The van der Waals surface area contributed by atoms with Crippen LogP contribution in [-0.4, -0.2) is 107 Å². The Balaban J connectivity index is 1.51. The highest BCUT2D eigenvalue weighted by Gasteiger charge is 2.73. The van der Waals surface area contributed by atoms with Gasteiger partial charge in [0, 0.05) is 61.9 Å². The number of nitrogens with one attached hydrogen (secondary N) is 3. The zero-order chi connectivity index (χ0) is 44.5. The van der Waals surface area contributed by atoms with E-state index in [0.29, 0.717) is 75.2 Å². The third kappa shape index (κ3) is 9.53. The second-order valence-electron chi connectivity index (χ2n) is 17.9. The molecule has 6 rings (SSSR count). The number of benzene rings is 3. The highest BCUT2D eigenvalue weighted by Crippen LogP contribution is 2.54. The van der Waals surface area contributed by atoms with E-state index in [-0.39, 0.29) is 43.1 Å². The van der Waals surface area contributed by atoms with Crippen molar-refractivity contribution in [2.75, 3.05) is 46.4 Å². The van der Waals surface area contributed by atoms with E-state index in [4.69, 9.17) is 14.2 Å². The van der Waals surface area contributed by atoms with Crippen molar-refractivity contribution in [2.24, 2.45) is 11.3 Å². The highest BCUT2D eigenvalue weighted by molar-refractivity contribution is 5.74. The first-order valence-corrected chi connectivity index (χ1v) is 21.8. The maximum Gasteiger partial charge on any atom is 0.418 e. The number of likely N-dealkylation sites (tertiary alicyclic amines) is 2. The molecule has 0 aliphatic carbocycles. The molecule has 3 heterocycles. The van der Waals surface area contributed by atoms with Crippen LogP contribution in [0.15, 0.2) is 78.9 Å². The standard InChI is InChI=1S/C46H62N6O10/c1-44(2,3)46(40(21-13-28-50(46)43(55)56)49-42(54)62-37-24-22-35(23-25-37)51(58)59)52(41(53)48-34-16-12-27-47-31-34)29-14-15-33(32-52)45(57,26-10-11-30-60-4)38-19-8-9-20-39(38)61-36-17-6-5-7-18-36/h5-9,17-20,22-25,33-34,40,47,57H,10-16,21,26-32H2,1-4H3,(H2-,48,49,53,54,55,56)/p+1/t33?,34?,40-,45?,46?,52?/m1/s1. The summed E-state index contributed by atoms with van der Waals surface area (Å²) in [5, 5.41) is 45.9. The number of nitro benzene ring substituents is 1. The fourth-order valence-electron chi connectivity index (χ4n) is 10.6. The number of hydrogen-bond donors (Lipinski definition) is 5. The lowest BCUT2D eigenvalue weighted by molar-refractivity contribution is -0.937. The first kappa shape index (κ1) is 46.2. The number of nitro groups is 1. The Morgan fingerprint density at radius 2 is 1.66 bits per heavy atom. The van der Waals surface area contributed by atoms with Crippen molar-refractivity contribution >= 4 is 23.9 Å². The summed E-state index contributed by atoms with van der Waals surface area (Å²) in [5.41, 5.74) is -3.84. The minimum atomic E-state index is -1.65. The summed E-state index contributed by atoms with van der Waals surface area (Å²) in [4.78, 5) is 55.8. The van der Waals surface area contributed by atoms with Gasteiger partial charge in [-0.15, -0.1) is 0 Å². The molecule has 3 aliphatic rings. The maximum absolute atomic E-state index is 15.8. The van der Waals surface area contributed by atoms with Crippen LogP contribution in [0.2, 0.25) is 0 Å². The Labute approximate surface area is 363 Å². The smallest absolute Gasteiger partial charge is 0.418 e. The van der Waals surface area contributed by atoms with Crippen LogP contribution < -0.4 is 25.4 Å².